The molecule has 0 heterocycles. The van der Waals surface area contributed by atoms with Gasteiger partial charge in [-0.25, -0.2) is 0 Å². The predicted octanol–water partition coefficient (Wildman–Crippen LogP) is 1.61. The molecule has 0 rings (SSSR count). The molecule has 0 spiro atoms. The Balaban J connectivity index is 4.31. The zero-order valence-electron chi connectivity index (χ0n) is 12.9. The fourth-order valence-corrected chi connectivity index (χ4v) is 2.07. The monoisotopic (exact) mass is 260 g/mol. The van der Waals surface area contributed by atoms with Crippen LogP contribution in [0.1, 0.15) is 27.2 Å². The first kappa shape index (κ1) is 17.8. The van der Waals surface area contributed by atoms with E-state index in [1.54, 1.807) is 14.2 Å². The van der Waals surface area contributed by atoms with Crippen molar-refractivity contribution >= 4 is 0 Å². The highest BCUT2D eigenvalue weighted by atomic mass is 16.5. The van der Waals surface area contributed by atoms with Crippen molar-refractivity contribution in [3.05, 3.63) is 0 Å². The van der Waals surface area contributed by atoms with Gasteiger partial charge in [-0.3, -0.25) is 4.90 Å². The highest BCUT2D eigenvalue weighted by Gasteiger charge is 2.20. The summed E-state index contributed by atoms with van der Waals surface area (Å²) in [5.41, 5.74) is 0. The molecule has 18 heavy (non-hydrogen) atoms. The fourth-order valence-electron chi connectivity index (χ4n) is 2.07. The molecule has 1 atom stereocenters. The number of nitrogens with one attached hydrogen (secondary N) is 1. The van der Waals surface area contributed by atoms with Gasteiger partial charge in [-0.05, 0) is 18.9 Å². The third-order valence-electron chi connectivity index (χ3n) is 3.18. The summed E-state index contributed by atoms with van der Waals surface area (Å²) in [7, 11) is 3.52. The molecule has 0 radical (unpaired) electrons. The minimum atomic E-state index is 0.543. The lowest BCUT2D eigenvalue weighted by Gasteiger charge is -2.34. The lowest BCUT2D eigenvalue weighted by atomic mass is 10.0. The molecule has 0 aliphatic rings. The van der Waals surface area contributed by atoms with E-state index in [0.29, 0.717) is 12.0 Å². The zero-order chi connectivity index (χ0) is 13.8. The number of rotatable bonds is 12. The molecule has 4 heteroatoms. The van der Waals surface area contributed by atoms with Crippen LogP contribution in [-0.2, 0) is 9.47 Å². The molecular weight excluding hydrogens is 228 g/mol. The van der Waals surface area contributed by atoms with Crippen LogP contribution in [0.15, 0.2) is 0 Å². The van der Waals surface area contributed by atoms with Gasteiger partial charge in [0.05, 0.1) is 13.2 Å². The topological polar surface area (TPSA) is 33.7 Å². The SMILES string of the molecule is CCCNCC(C(C)C)N(CCOC)CCOC. The van der Waals surface area contributed by atoms with E-state index in [-0.39, 0.29) is 0 Å². The summed E-state index contributed by atoms with van der Waals surface area (Å²) in [5.74, 6) is 0.628. The highest BCUT2D eigenvalue weighted by molar-refractivity contribution is 4.77. The molecular formula is C14H32N2O2. The summed E-state index contributed by atoms with van der Waals surface area (Å²) >= 11 is 0. The Morgan fingerprint density at radius 2 is 1.61 bits per heavy atom. The Bertz CT molecular complexity index is 169. The van der Waals surface area contributed by atoms with Crippen LogP contribution in [0.2, 0.25) is 0 Å². The first-order valence-electron chi connectivity index (χ1n) is 7.09. The molecule has 0 aromatic carbocycles. The number of methoxy groups -OCH3 is 2. The number of nitrogens with zero attached hydrogens (tertiary/aromatic N) is 1. The Morgan fingerprint density at radius 1 is 1.06 bits per heavy atom. The summed E-state index contributed by atoms with van der Waals surface area (Å²) < 4.78 is 10.4. The number of hydrogen-bond donors (Lipinski definition) is 1. The molecule has 110 valence electrons. The minimum absolute atomic E-state index is 0.543. The molecule has 0 saturated carbocycles. The standard InChI is InChI=1S/C14H32N2O2/c1-6-7-15-12-14(13(2)3)16(8-10-17-4)9-11-18-5/h13-15H,6-12H2,1-5H3. The lowest BCUT2D eigenvalue weighted by Crippen LogP contribution is -2.48. The maximum atomic E-state index is 5.20. The summed E-state index contributed by atoms with van der Waals surface area (Å²) in [5, 5.41) is 3.53. The van der Waals surface area contributed by atoms with E-state index < -0.39 is 0 Å². The Morgan fingerprint density at radius 3 is 2.00 bits per heavy atom. The average Bonchev–Trinajstić information content (AvgIpc) is 2.35. The minimum Gasteiger partial charge on any atom is -0.383 e. The Hall–Kier alpha value is -0.160. The molecule has 0 bridgehead atoms. The van der Waals surface area contributed by atoms with Gasteiger partial charge in [0.2, 0.25) is 0 Å². The van der Waals surface area contributed by atoms with Crippen LogP contribution >= 0.6 is 0 Å². The van der Waals surface area contributed by atoms with Gasteiger partial charge in [-0.2, -0.15) is 0 Å². The van der Waals surface area contributed by atoms with Crippen LogP contribution in [0.5, 0.6) is 0 Å². The Kier molecular flexibility index (Phi) is 11.8. The number of ether oxygens (including phenoxy) is 2. The van der Waals surface area contributed by atoms with Crippen molar-refractivity contribution in [2.24, 2.45) is 5.92 Å². The van der Waals surface area contributed by atoms with E-state index in [1.807, 2.05) is 0 Å². The molecule has 0 amide bonds. The van der Waals surface area contributed by atoms with Crippen LogP contribution in [0.3, 0.4) is 0 Å². The van der Waals surface area contributed by atoms with Gasteiger partial charge in [0.25, 0.3) is 0 Å². The van der Waals surface area contributed by atoms with Crippen molar-refractivity contribution in [1.82, 2.24) is 10.2 Å². The van der Waals surface area contributed by atoms with Crippen molar-refractivity contribution in [3.63, 3.8) is 0 Å². The molecule has 0 aliphatic carbocycles. The Labute approximate surface area is 113 Å². The van der Waals surface area contributed by atoms with Gasteiger partial charge in [-0.1, -0.05) is 20.8 Å². The van der Waals surface area contributed by atoms with E-state index >= 15 is 0 Å². The predicted molar refractivity (Wildman–Crippen MR) is 77.1 cm³/mol. The van der Waals surface area contributed by atoms with Crippen molar-refractivity contribution < 1.29 is 9.47 Å². The third kappa shape index (κ3) is 8.03. The van der Waals surface area contributed by atoms with E-state index in [4.69, 9.17) is 9.47 Å². The molecule has 4 nitrogen and oxygen atoms in total. The van der Waals surface area contributed by atoms with Gasteiger partial charge in [0.1, 0.15) is 0 Å². The van der Waals surface area contributed by atoms with Crippen LogP contribution in [-0.4, -0.2) is 64.6 Å². The maximum Gasteiger partial charge on any atom is 0.0589 e. The van der Waals surface area contributed by atoms with E-state index in [0.717, 1.165) is 39.4 Å². The normalized spacial score (nSPS) is 13.5. The fraction of sp³-hybridized carbons (Fsp3) is 1.00. The second kappa shape index (κ2) is 11.9. The zero-order valence-corrected chi connectivity index (χ0v) is 12.9. The van der Waals surface area contributed by atoms with Crippen molar-refractivity contribution in [2.75, 3.05) is 53.6 Å². The molecule has 0 saturated heterocycles. The second-order valence-corrected chi connectivity index (χ2v) is 5.04. The summed E-state index contributed by atoms with van der Waals surface area (Å²) in [6.45, 7) is 12.4. The van der Waals surface area contributed by atoms with E-state index in [2.05, 4.69) is 31.0 Å². The average molecular weight is 260 g/mol. The van der Waals surface area contributed by atoms with Crippen molar-refractivity contribution in [3.8, 4) is 0 Å². The van der Waals surface area contributed by atoms with Gasteiger partial charge in [0.15, 0.2) is 0 Å². The smallest absolute Gasteiger partial charge is 0.0589 e. The summed E-state index contributed by atoms with van der Waals surface area (Å²) in [6.07, 6.45) is 1.18. The van der Waals surface area contributed by atoms with Crippen LogP contribution in [0.4, 0.5) is 0 Å². The summed E-state index contributed by atoms with van der Waals surface area (Å²) in [6, 6.07) is 0.543. The van der Waals surface area contributed by atoms with Gasteiger partial charge in [-0.15, -0.1) is 0 Å². The molecule has 0 aliphatic heterocycles. The van der Waals surface area contributed by atoms with Gasteiger partial charge < -0.3 is 14.8 Å². The molecule has 1 unspecified atom stereocenters. The molecule has 0 aromatic heterocycles. The first-order valence-corrected chi connectivity index (χ1v) is 7.09. The van der Waals surface area contributed by atoms with Gasteiger partial charge >= 0.3 is 0 Å². The van der Waals surface area contributed by atoms with E-state index in [1.165, 1.54) is 6.42 Å². The molecule has 1 N–H and O–H groups in total. The summed E-state index contributed by atoms with van der Waals surface area (Å²) in [4.78, 5) is 2.47. The highest BCUT2D eigenvalue weighted by Crippen LogP contribution is 2.10. The van der Waals surface area contributed by atoms with Crippen molar-refractivity contribution in [1.29, 1.82) is 0 Å². The number of hydrogen-bond acceptors (Lipinski definition) is 4. The lowest BCUT2D eigenvalue weighted by molar-refractivity contribution is 0.0713. The van der Waals surface area contributed by atoms with Gasteiger partial charge in [0, 0.05) is 39.9 Å². The maximum absolute atomic E-state index is 5.20. The van der Waals surface area contributed by atoms with E-state index in [9.17, 15) is 0 Å². The molecule has 0 fully saturated rings. The van der Waals surface area contributed by atoms with Crippen LogP contribution < -0.4 is 5.32 Å². The van der Waals surface area contributed by atoms with Crippen molar-refractivity contribution in [2.45, 2.75) is 33.2 Å². The van der Waals surface area contributed by atoms with Crippen LogP contribution in [0.25, 0.3) is 0 Å². The third-order valence-corrected chi connectivity index (χ3v) is 3.18. The largest absolute Gasteiger partial charge is 0.383 e. The first-order chi connectivity index (χ1) is 8.67. The molecule has 0 aromatic rings. The quantitative estimate of drug-likeness (QED) is 0.541. The second-order valence-electron chi connectivity index (χ2n) is 5.04. The van der Waals surface area contributed by atoms with Crippen LogP contribution in [0, 0.1) is 5.92 Å².